The van der Waals surface area contributed by atoms with Crippen LogP contribution in [0.1, 0.15) is 12.8 Å². The fourth-order valence-electron chi connectivity index (χ4n) is 0.940. The summed E-state index contributed by atoms with van der Waals surface area (Å²) >= 11 is 4.69. The molecular formula is C6H10NS. The molecule has 1 rings (SSSR count). The average molecular weight is 128 g/mol. The van der Waals surface area contributed by atoms with Gasteiger partial charge in [-0.25, -0.2) is 0 Å². The maximum absolute atomic E-state index is 4.69. The number of rotatable bonds is 1. The van der Waals surface area contributed by atoms with Crippen LogP contribution in [0.2, 0.25) is 0 Å². The van der Waals surface area contributed by atoms with Gasteiger partial charge < -0.3 is 5.32 Å². The van der Waals surface area contributed by atoms with Crippen molar-refractivity contribution in [1.82, 2.24) is 5.32 Å². The van der Waals surface area contributed by atoms with Crippen molar-refractivity contribution in [2.24, 2.45) is 5.92 Å². The molecule has 1 heterocycles. The first-order chi connectivity index (χ1) is 3.93. The molecule has 0 unspecified atom stereocenters. The molecule has 1 radical (unpaired) electrons. The van der Waals surface area contributed by atoms with E-state index in [4.69, 9.17) is 12.2 Å². The van der Waals surface area contributed by atoms with Crippen LogP contribution in [0, 0.1) is 5.92 Å². The summed E-state index contributed by atoms with van der Waals surface area (Å²) in [6, 6.07) is 0. The van der Waals surface area contributed by atoms with Crippen LogP contribution in [0.3, 0.4) is 0 Å². The van der Waals surface area contributed by atoms with Crippen molar-refractivity contribution in [3.05, 3.63) is 0 Å². The normalized spacial score (nSPS) is 23.0. The van der Waals surface area contributed by atoms with E-state index in [1.54, 1.807) is 0 Å². The van der Waals surface area contributed by atoms with Gasteiger partial charge >= 0.3 is 0 Å². The first-order valence-corrected chi connectivity index (χ1v) is 3.42. The Labute approximate surface area is 55.5 Å². The van der Waals surface area contributed by atoms with E-state index in [1.165, 1.54) is 12.8 Å². The molecule has 1 aliphatic heterocycles. The maximum Gasteiger partial charge on any atom is 0.0326 e. The van der Waals surface area contributed by atoms with E-state index < -0.39 is 0 Å². The molecule has 8 heavy (non-hydrogen) atoms. The molecule has 1 fully saturated rings. The summed E-state index contributed by atoms with van der Waals surface area (Å²) in [7, 11) is 0. The molecule has 0 saturated carbocycles. The molecule has 0 bridgehead atoms. The van der Waals surface area contributed by atoms with E-state index in [1.807, 2.05) is 0 Å². The van der Waals surface area contributed by atoms with Gasteiger partial charge in [-0.1, -0.05) is 12.2 Å². The number of hydrogen-bond acceptors (Lipinski definition) is 2. The smallest absolute Gasteiger partial charge is 0.0326 e. The minimum Gasteiger partial charge on any atom is -0.317 e. The molecule has 2 heteroatoms. The zero-order chi connectivity index (χ0) is 5.82. The van der Waals surface area contributed by atoms with Crippen LogP contribution in [0.25, 0.3) is 0 Å². The predicted octanol–water partition coefficient (Wildman–Crippen LogP) is 0.863. The SMILES string of the molecule is S=[C]C1CCNCC1. The van der Waals surface area contributed by atoms with Crippen molar-refractivity contribution >= 4 is 17.6 Å². The molecule has 1 N–H and O–H groups in total. The summed E-state index contributed by atoms with van der Waals surface area (Å²) in [5.41, 5.74) is 0. The van der Waals surface area contributed by atoms with E-state index in [2.05, 4.69) is 10.7 Å². The fourth-order valence-corrected chi connectivity index (χ4v) is 1.18. The Morgan fingerprint density at radius 2 is 2.00 bits per heavy atom. The lowest BCUT2D eigenvalue weighted by Gasteiger charge is -2.17. The lowest BCUT2D eigenvalue weighted by molar-refractivity contribution is 0.465. The second kappa shape index (κ2) is 3.15. The monoisotopic (exact) mass is 128 g/mol. The minimum absolute atomic E-state index is 0.589. The van der Waals surface area contributed by atoms with E-state index in [-0.39, 0.29) is 0 Å². The fraction of sp³-hybridized carbons (Fsp3) is 0.833. The van der Waals surface area contributed by atoms with Gasteiger partial charge in [-0.15, -0.1) is 0 Å². The van der Waals surface area contributed by atoms with Crippen molar-refractivity contribution in [2.75, 3.05) is 13.1 Å². The second-order valence-corrected chi connectivity index (χ2v) is 2.38. The number of thiocarbonyl (C=S) groups is 1. The van der Waals surface area contributed by atoms with Crippen LogP contribution in [0.4, 0.5) is 0 Å². The lowest BCUT2D eigenvalue weighted by atomic mass is 10.0. The number of piperidine rings is 1. The Kier molecular flexibility index (Phi) is 2.43. The summed E-state index contributed by atoms with van der Waals surface area (Å²) < 4.78 is 0. The van der Waals surface area contributed by atoms with Crippen LogP contribution in [0.5, 0.6) is 0 Å². The second-order valence-electron chi connectivity index (χ2n) is 2.14. The highest BCUT2D eigenvalue weighted by atomic mass is 32.1. The van der Waals surface area contributed by atoms with Crippen molar-refractivity contribution in [2.45, 2.75) is 12.8 Å². The van der Waals surface area contributed by atoms with E-state index in [0.717, 1.165) is 13.1 Å². The molecule has 0 aromatic heterocycles. The predicted molar refractivity (Wildman–Crippen MR) is 38.2 cm³/mol. The van der Waals surface area contributed by atoms with E-state index in [0.29, 0.717) is 5.92 Å². The summed E-state index contributed by atoms with van der Waals surface area (Å²) in [5.74, 6) is 0.589. The van der Waals surface area contributed by atoms with Crippen LogP contribution < -0.4 is 5.32 Å². The van der Waals surface area contributed by atoms with Gasteiger partial charge in [0.2, 0.25) is 0 Å². The van der Waals surface area contributed by atoms with Crippen LogP contribution in [-0.4, -0.2) is 18.5 Å². The molecule has 0 amide bonds. The van der Waals surface area contributed by atoms with Crippen molar-refractivity contribution in [1.29, 1.82) is 0 Å². The van der Waals surface area contributed by atoms with Gasteiger partial charge in [0.25, 0.3) is 0 Å². The highest BCUT2D eigenvalue weighted by Gasteiger charge is 2.08. The first-order valence-electron chi connectivity index (χ1n) is 3.02. The lowest BCUT2D eigenvalue weighted by Crippen LogP contribution is -2.27. The minimum atomic E-state index is 0.589. The zero-order valence-electron chi connectivity index (χ0n) is 4.81. The molecule has 0 spiro atoms. The first kappa shape index (κ1) is 6.17. The molecular weight excluding hydrogens is 118 g/mol. The van der Waals surface area contributed by atoms with Crippen molar-refractivity contribution in [3.63, 3.8) is 0 Å². The number of hydrogen-bond donors (Lipinski definition) is 1. The molecule has 0 atom stereocenters. The van der Waals surface area contributed by atoms with Crippen molar-refractivity contribution < 1.29 is 0 Å². The number of nitrogens with one attached hydrogen (secondary N) is 1. The largest absolute Gasteiger partial charge is 0.317 e. The van der Waals surface area contributed by atoms with Gasteiger partial charge in [-0.2, -0.15) is 0 Å². The average Bonchev–Trinajstić information content (AvgIpc) is 1.90. The Balaban J connectivity index is 2.22. The molecule has 1 nitrogen and oxygen atoms in total. The van der Waals surface area contributed by atoms with E-state index in [9.17, 15) is 0 Å². The van der Waals surface area contributed by atoms with Crippen LogP contribution in [0.15, 0.2) is 0 Å². The summed E-state index contributed by atoms with van der Waals surface area (Å²) in [6.07, 6.45) is 2.37. The van der Waals surface area contributed by atoms with Gasteiger partial charge in [-0.05, 0) is 31.8 Å². The van der Waals surface area contributed by atoms with E-state index >= 15 is 0 Å². The Bertz CT molecular complexity index is 76.6. The highest BCUT2D eigenvalue weighted by Crippen LogP contribution is 2.07. The summed E-state index contributed by atoms with van der Waals surface area (Å²) in [4.78, 5) is 0. The Morgan fingerprint density at radius 1 is 1.38 bits per heavy atom. The summed E-state index contributed by atoms with van der Waals surface area (Å²) in [5, 5.41) is 6.11. The molecule has 1 saturated heterocycles. The van der Waals surface area contributed by atoms with Gasteiger partial charge in [-0.3, -0.25) is 0 Å². The third-order valence-electron chi connectivity index (χ3n) is 1.51. The Hall–Kier alpha value is 0.0500. The molecule has 45 valence electrons. The standard InChI is InChI=1S/C6H10NS/c8-5-6-1-3-7-4-2-6/h6-7H,1-4H2. The zero-order valence-corrected chi connectivity index (χ0v) is 5.63. The summed E-state index contributed by atoms with van der Waals surface area (Å²) in [6.45, 7) is 2.24. The quantitative estimate of drug-likeness (QED) is 0.526. The van der Waals surface area contributed by atoms with Crippen LogP contribution in [-0.2, 0) is 0 Å². The van der Waals surface area contributed by atoms with Gasteiger partial charge in [0.05, 0.1) is 0 Å². The molecule has 0 aromatic carbocycles. The van der Waals surface area contributed by atoms with Gasteiger partial charge in [0.15, 0.2) is 0 Å². The third-order valence-corrected chi connectivity index (χ3v) is 1.84. The van der Waals surface area contributed by atoms with Gasteiger partial charge in [0, 0.05) is 5.37 Å². The highest BCUT2D eigenvalue weighted by molar-refractivity contribution is 7.79. The van der Waals surface area contributed by atoms with Gasteiger partial charge in [0.1, 0.15) is 0 Å². The van der Waals surface area contributed by atoms with Crippen LogP contribution >= 0.6 is 12.2 Å². The maximum atomic E-state index is 4.69. The molecule has 0 aliphatic carbocycles. The van der Waals surface area contributed by atoms with Crippen molar-refractivity contribution in [3.8, 4) is 0 Å². The molecule has 1 aliphatic rings. The third kappa shape index (κ3) is 1.53. The topological polar surface area (TPSA) is 12.0 Å². The Morgan fingerprint density at radius 3 is 2.38 bits per heavy atom. The molecule has 0 aromatic rings.